The van der Waals surface area contributed by atoms with Crippen LogP contribution in [0.15, 0.2) is 76.1 Å². The average Bonchev–Trinajstić information content (AvgIpc) is 2.75. The van der Waals surface area contributed by atoms with E-state index in [4.69, 9.17) is 20.5 Å². The highest BCUT2D eigenvalue weighted by molar-refractivity contribution is 9.10. The van der Waals surface area contributed by atoms with Crippen LogP contribution >= 0.6 is 27.5 Å². The van der Waals surface area contributed by atoms with Crippen molar-refractivity contribution in [3.63, 3.8) is 0 Å². The van der Waals surface area contributed by atoms with E-state index in [9.17, 15) is 13.7 Å². The molecule has 0 unspecified atom stereocenters. The largest absolute Gasteiger partial charge is 0.490 e. The summed E-state index contributed by atoms with van der Waals surface area (Å²) < 4.78 is 37.0. The topological polar surface area (TPSA) is 76.4 Å². The van der Waals surface area contributed by atoms with E-state index in [1.165, 1.54) is 30.3 Å². The van der Waals surface area contributed by atoms with Gasteiger partial charge in [0.25, 0.3) is 0 Å². The summed E-state index contributed by atoms with van der Waals surface area (Å²) in [6.07, 6.45) is 1.70. The zero-order chi connectivity index (χ0) is 22.4. The number of halogens is 2. The van der Waals surface area contributed by atoms with Crippen molar-refractivity contribution in [3.05, 3.63) is 87.4 Å². The number of benzene rings is 3. The molecule has 3 aromatic rings. The number of allylic oxidation sites excluding steroid dienone is 1. The summed E-state index contributed by atoms with van der Waals surface area (Å²) in [4.78, 5) is -0.0228. The number of nitriles is 1. The first-order chi connectivity index (χ1) is 14.8. The van der Waals surface area contributed by atoms with Gasteiger partial charge in [0.15, 0.2) is 11.5 Å². The third kappa shape index (κ3) is 5.88. The summed E-state index contributed by atoms with van der Waals surface area (Å²) in [5.74, 6) is 0.304. The minimum Gasteiger partial charge on any atom is -0.490 e. The SMILES string of the molecule is CCOc1cc(/C=C(\C#N)c2ccc(Br)cc2)ccc1OS(=O)(=O)c1ccc(Cl)cc1. The van der Waals surface area contributed by atoms with Crippen LogP contribution < -0.4 is 8.92 Å². The van der Waals surface area contributed by atoms with Crippen LogP contribution in [0, 0.1) is 11.3 Å². The summed E-state index contributed by atoms with van der Waals surface area (Å²) >= 11 is 9.20. The molecule has 0 heterocycles. The molecule has 0 saturated heterocycles. The Kier molecular flexibility index (Phi) is 7.39. The van der Waals surface area contributed by atoms with Gasteiger partial charge < -0.3 is 8.92 Å². The van der Waals surface area contributed by atoms with Gasteiger partial charge in [-0.05, 0) is 72.7 Å². The molecule has 0 aliphatic carbocycles. The molecule has 0 radical (unpaired) electrons. The average molecular weight is 519 g/mol. The predicted molar refractivity (Wildman–Crippen MR) is 125 cm³/mol. The van der Waals surface area contributed by atoms with Gasteiger partial charge in [-0.3, -0.25) is 0 Å². The molecular formula is C23H17BrClNO4S. The molecule has 0 amide bonds. The van der Waals surface area contributed by atoms with Crippen LogP contribution in [-0.2, 0) is 10.1 Å². The summed E-state index contributed by atoms with van der Waals surface area (Å²) in [6.45, 7) is 2.09. The second kappa shape index (κ2) is 10.0. The highest BCUT2D eigenvalue weighted by Gasteiger charge is 2.19. The van der Waals surface area contributed by atoms with Crippen molar-refractivity contribution in [1.82, 2.24) is 0 Å². The van der Waals surface area contributed by atoms with Crippen LogP contribution in [0.5, 0.6) is 11.5 Å². The van der Waals surface area contributed by atoms with E-state index in [0.717, 1.165) is 10.0 Å². The number of ether oxygens (including phenoxy) is 1. The van der Waals surface area contributed by atoms with E-state index in [-0.39, 0.29) is 16.4 Å². The lowest BCUT2D eigenvalue weighted by Crippen LogP contribution is -2.10. The molecule has 0 bridgehead atoms. The lowest BCUT2D eigenvalue weighted by Gasteiger charge is -2.13. The number of hydrogen-bond acceptors (Lipinski definition) is 5. The number of nitrogens with zero attached hydrogens (tertiary/aromatic N) is 1. The molecule has 0 atom stereocenters. The highest BCUT2D eigenvalue weighted by Crippen LogP contribution is 2.33. The second-order valence-corrected chi connectivity index (χ2v) is 9.21. The molecule has 0 aromatic heterocycles. The smallest absolute Gasteiger partial charge is 0.339 e. The molecule has 0 fully saturated rings. The summed E-state index contributed by atoms with van der Waals surface area (Å²) in [5.41, 5.74) is 1.88. The van der Waals surface area contributed by atoms with E-state index >= 15 is 0 Å². The lowest BCUT2D eigenvalue weighted by molar-refractivity contribution is 0.327. The Bertz CT molecular complexity index is 1250. The van der Waals surface area contributed by atoms with Gasteiger partial charge in [-0.2, -0.15) is 13.7 Å². The van der Waals surface area contributed by atoms with Gasteiger partial charge in [-0.15, -0.1) is 0 Å². The molecule has 158 valence electrons. The summed E-state index contributed by atoms with van der Waals surface area (Å²) in [5, 5.41) is 9.98. The summed E-state index contributed by atoms with van der Waals surface area (Å²) in [7, 11) is -4.07. The Labute approximate surface area is 194 Å². The predicted octanol–water partition coefficient (Wildman–Crippen LogP) is 6.33. The first kappa shape index (κ1) is 22.9. The molecule has 3 rings (SSSR count). The first-order valence-electron chi connectivity index (χ1n) is 9.17. The molecule has 31 heavy (non-hydrogen) atoms. The van der Waals surface area contributed by atoms with Crippen LogP contribution in [0.1, 0.15) is 18.1 Å². The van der Waals surface area contributed by atoms with E-state index in [0.29, 0.717) is 22.8 Å². The fourth-order valence-electron chi connectivity index (χ4n) is 2.70. The van der Waals surface area contributed by atoms with E-state index in [1.54, 1.807) is 25.1 Å². The van der Waals surface area contributed by atoms with E-state index < -0.39 is 10.1 Å². The van der Waals surface area contributed by atoms with Crippen LogP contribution in [0.4, 0.5) is 0 Å². The second-order valence-electron chi connectivity index (χ2n) is 6.31. The van der Waals surface area contributed by atoms with Gasteiger partial charge in [0.1, 0.15) is 4.90 Å². The Balaban J connectivity index is 1.94. The maximum atomic E-state index is 12.6. The van der Waals surface area contributed by atoms with Gasteiger partial charge in [0, 0.05) is 9.50 Å². The van der Waals surface area contributed by atoms with Crippen molar-refractivity contribution in [2.75, 3.05) is 6.61 Å². The molecule has 0 saturated carbocycles. The van der Waals surface area contributed by atoms with Crippen LogP contribution in [0.3, 0.4) is 0 Å². The molecule has 0 aliphatic rings. The van der Waals surface area contributed by atoms with Crippen molar-refractivity contribution < 1.29 is 17.3 Å². The van der Waals surface area contributed by atoms with Gasteiger partial charge in [-0.1, -0.05) is 45.7 Å². The van der Waals surface area contributed by atoms with Crippen molar-refractivity contribution in [3.8, 4) is 17.6 Å². The molecule has 3 aromatic carbocycles. The molecule has 8 heteroatoms. The Morgan fingerprint density at radius 1 is 1.06 bits per heavy atom. The third-order valence-corrected chi connectivity index (χ3v) is 6.19. The molecule has 0 aliphatic heterocycles. The van der Waals surface area contributed by atoms with Gasteiger partial charge in [0.2, 0.25) is 0 Å². The lowest BCUT2D eigenvalue weighted by atomic mass is 10.0. The van der Waals surface area contributed by atoms with Crippen molar-refractivity contribution >= 4 is 49.3 Å². The number of hydrogen-bond donors (Lipinski definition) is 0. The Hall–Kier alpha value is -2.79. The number of rotatable bonds is 7. The van der Waals surface area contributed by atoms with Gasteiger partial charge in [0.05, 0.1) is 18.2 Å². The van der Waals surface area contributed by atoms with Crippen molar-refractivity contribution in [1.29, 1.82) is 5.26 Å². The molecular weight excluding hydrogens is 502 g/mol. The normalized spacial score (nSPS) is 11.6. The maximum Gasteiger partial charge on any atom is 0.339 e. The van der Waals surface area contributed by atoms with Gasteiger partial charge >= 0.3 is 10.1 Å². The minimum atomic E-state index is -4.07. The van der Waals surface area contributed by atoms with Crippen molar-refractivity contribution in [2.45, 2.75) is 11.8 Å². The van der Waals surface area contributed by atoms with E-state index in [1.807, 2.05) is 24.3 Å². The minimum absolute atomic E-state index is 0.0228. The maximum absolute atomic E-state index is 12.6. The summed E-state index contributed by atoms with van der Waals surface area (Å²) in [6, 6.07) is 20.0. The first-order valence-corrected chi connectivity index (χ1v) is 11.7. The molecule has 0 spiro atoms. The van der Waals surface area contributed by atoms with Crippen LogP contribution in [0.2, 0.25) is 5.02 Å². The Morgan fingerprint density at radius 2 is 1.74 bits per heavy atom. The third-order valence-electron chi connectivity index (χ3n) is 4.16. The van der Waals surface area contributed by atoms with Crippen molar-refractivity contribution in [2.24, 2.45) is 0 Å². The van der Waals surface area contributed by atoms with Crippen LogP contribution in [-0.4, -0.2) is 15.0 Å². The van der Waals surface area contributed by atoms with E-state index in [2.05, 4.69) is 22.0 Å². The Morgan fingerprint density at radius 3 is 2.35 bits per heavy atom. The zero-order valence-electron chi connectivity index (χ0n) is 16.4. The molecule has 5 nitrogen and oxygen atoms in total. The standard InChI is InChI=1S/C23H17BrClNO4S/c1-2-29-23-14-16(13-18(15-26)17-4-6-19(24)7-5-17)3-12-22(23)30-31(27,28)21-10-8-20(25)9-11-21/h3-14H,2H2,1H3/b18-13+. The highest BCUT2D eigenvalue weighted by atomic mass is 79.9. The fraction of sp³-hybridized carbons (Fsp3) is 0.0870. The fourth-order valence-corrected chi connectivity index (χ4v) is 4.03. The zero-order valence-corrected chi connectivity index (χ0v) is 19.5. The quantitative estimate of drug-likeness (QED) is 0.207. The van der Waals surface area contributed by atoms with Crippen LogP contribution in [0.25, 0.3) is 11.6 Å². The van der Waals surface area contributed by atoms with Gasteiger partial charge in [-0.25, -0.2) is 0 Å². The monoisotopic (exact) mass is 517 g/mol. The molecule has 0 N–H and O–H groups in total.